The second-order valence-corrected chi connectivity index (χ2v) is 9.79. The normalized spacial score (nSPS) is 23.4. The van der Waals surface area contributed by atoms with Crippen LogP contribution >= 0.6 is 0 Å². The summed E-state index contributed by atoms with van der Waals surface area (Å²) >= 11 is 0. The lowest BCUT2D eigenvalue weighted by Gasteiger charge is -2.52. The summed E-state index contributed by atoms with van der Waals surface area (Å²) in [6, 6.07) is 24.7. The molecule has 1 amide bonds. The molecule has 2 heterocycles. The van der Waals surface area contributed by atoms with Crippen molar-refractivity contribution < 1.29 is 4.79 Å². The Morgan fingerprint density at radius 2 is 1.76 bits per heavy atom. The van der Waals surface area contributed by atoms with E-state index < -0.39 is 0 Å². The minimum atomic E-state index is -0.166. The first kappa shape index (κ1) is 22.6. The maximum atomic E-state index is 12.7. The van der Waals surface area contributed by atoms with Crippen LogP contribution in [0.1, 0.15) is 48.7 Å². The van der Waals surface area contributed by atoms with Crippen molar-refractivity contribution in [2.45, 2.75) is 38.1 Å². The number of nitrogens with one attached hydrogen (secondary N) is 1. The van der Waals surface area contributed by atoms with E-state index in [1.165, 1.54) is 30.5 Å². The second-order valence-electron chi connectivity index (χ2n) is 9.79. The standard InChI is InChI=1S/C29H34N4O/c1-23-9-8-15-29(22-23,33-19-17-32(18-20-33)26-12-3-2-4-13-26)24-10-7-11-25(21-24)31-28(34)27-14-5-6-16-30-27/h2-7,10-14,16,21,23H,8-9,15,17-20,22H2,1H3,(H,31,34)/t23-,29-/m0/s1. The van der Waals surface area contributed by atoms with E-state index in [1.807, 2.05) is 18.2 Å². The van der Waals surface area contributed by atoms with Gasteiger partial charge in [0.2, 0.25) is 0 Å². The molecule has 5 nitrogen and oxygen atoms in total. The smallest absolute Gasteiger partial charge is 0.274 e. The van der Waals surface area contributed by atoms with Crippen molar-refractivity contribution >= 4 is 17.3 Å². The first-order valence-corrected chi connectivity index (χ1v) is 12.5. The molecule has 34 heavy (non-hydrogen) atoms. The Bertz CT molecular complexity index is 1100. The van der Waals surface area contributed by atoms with E-state index in [0.717, 1.165) is 38.3 Å². The van der Waals surface area contributed by atoms with Gasteiger partial charge < -0.3 is 10.2 Å². The highest BCUT2D eigenvalue weighted by Gasteiger charge is 2.42. The zero-order valence-corrected chi connectivity index (χ0v) is 20.0. The number of hydrogen-bond acceptors (Lipinski definition) is 4. The number of nitrogens with zero attached hydrogens (tertiary/aromatic N) is 3. The summed E-state index contributed by atoms with van der Waals surface area (Å²) < 4.78 is 0. The molecule has 5 rings (SSSR count). The van der Waals surface area contributed by atoms with E-state index in [4.69, 9.17) is 0 Å². The maximum absolute atomic E-state index is 12.7. The topological polar surface area (TPSA) is 48.5 Å². The molecule has 2 aliphatic rings. The van der Waals surface area contributed by atoms with Gasteiger partial charge in [-0.1, -0.05) is 56.2 Å². The number of benzene rings is 2. The SMILES string of the molecule is C[C@H]1CCC[C@](c2cccc(NC(=O)c3ccccn3)c2)(N2CCN(c3ccccc3)CC2)C1. The largest absolute Gasteiger partial charge is 0.369 e. The van der Waals surface area contributed by atoms with Crippen molar-refractivity contribution in [2.24, 2.45) is 5.92 Å². The lowest BCUT2D eigenvalue weighted by Crippen LogP contribution is -2.57. The van der Waals surface area contributed by atoms with Crippen LogP contribution in [-0.2, 0) is 5.54 Å². The van der Waals surface area contributed by atoms with E-state index in [-0.39, 0.29) is 11.4 Å². The van der Waals surface area contributed by atoms with Crippen LogP contribution in [-0.4, -0.2) is 42.0 Å². The van der Waals surface area contributed by atoms with Crippen LogP contribution in [0.4, 0.5) is 11.4 Å². The Balaban J connectivity index is 1.38. The van der Waals surface area contributed by atoms with Gasteiger partial charge in [0.1, 0.15) is 5.69 Å². The van der Waals surface area contributed by atoms with Gasteiger partial charge in [0.05, 0.1) is 0 Å². The third-order valence-corrected chi connectivity index (χ3v) is 7.54. The molecule has 2 fully saturated rings. The monoisotopic (exact) mass is 454 g/mol. The highest BCUT2D eigenvalue weighted by Crippen LogP contribution is 2.45. The van der Waals surface area contributed by atoms with Crippen LogP contribution in [0.5, 0.6) is 0 Å². The van der Waals surface area contributed by atoms with Crippen molar-refractivity contribution in [2.75, 3.05) is 36.4 Å². The second kappa shape index (κ2) is 9.98. The Labute approximate surface area is 202 Å². The molecule has 1 aliphatic carbocycles. The van der Waals surface area contributed by atoms with E-state index >= 15 is 0 Å². The lowest BCUT2D eigenvalue weighted by molar-refractivity contribution is 0.0243. The maximum Gasteiger partial charge on any atom is 0.274 e. The van der Waals surface area contributed by atoms with Gasteiger partial charge in [0.15, 0.2) is 0 Å². The average molecular weight is 455 g/mol. The van der Waals surface area contributed by atoms with Gasteiger partial charge in [-0.05, 0) is 60.7 Å². The molecule has 5 heteroatoms. The molecule has 0 spiro atoms. The van der Waals surface area contributed by atoms with Crippen molar-refractivity contribution in [3.05, 3.63) is 90.3 Å². The quantitative estimate of drug-likeness (QED) is 0.548. The highest BCUT2D eigenvalue weighted by molar-refractivity contribution is 6.02. The first-order chi connectivity index (χ1) is 16.6. The molecule has 0 bridgehead atoms. The molecule has 0 unspecified atom stereocenters. The predicted molar refractivity (Wildman–Crippen MR) is 138 cm³/mol. The molecule has 3 aromatic rings. The zero-order valence-electron chi connectivity index (χ0n) is 20.0. The molecule has 1 saturated carbocycles. The summed E-state index contributed by atoms with van der Waals surface area (Å²) in [5, 5.41) is 3.07. The van der Waals surface area contributed by atoms with Gasteiger partial charge in [-0.25, -0.2) is 0 Å². The van der Waals surface area contributed by atoms with Crippen LogP contribution in [0, 0.1) is 5.92 Å². The number of amides is 1. The van der Waals surface area contributed by atoms with Gasteiger partial charge in [0.25, 0.3) is 5.91 Å². The third kappa shape index (κ3) is 4.71. The number of anilines is 2. The molecular weight excluding hydrogens is 420 g/mol. The van der Waals surface area contributed by atoms with Crippen molar-refractivity contribution in [1.29, 1.82) is 0 Å². The van der Waals surface area contributed by atoms with Crippen LogP contribution in [0.25, 0.3) is 0 Å². The molecule has 1 saturated heterocycles. The summed E-state index contributed by atoms with van der Waals surface area (Å²) in [6.45, 7) is 6.56. The van der Waals surface area contributed by atoms with Crippen molar-refractivity contribution in [3.8, 4) is 0 Å². The predicted octanol–water partition coefficient (Wildman–Crippen LogP) is 5.56. The van der Waals surface area contributed by atoms with E-state index in [0.29, 0.717) is 11.6 Å². The summed E-state index contributed by atoms with van der Waals surface area (Å²) in [5.74, 6) is 0.521. The van der Waals surface area contributed by atoms with Gasteiger partial charge in [0, 0.05) is 49.3 Å². The van der Waals surface area contributed by atoms with Gasteiger partial charge in [-0.15, -0.1) is 0 Å². The molecule has 0 radical (unpaired) electrons. The Morgan fingerprint density at radius 1 is 0.971 bits per heavy atom. The highest BCUT2D eigenvalue weighted by atomic mass is 16.1. The van der Waals surface area contributed by atoms with Gasteiger partial charge in [-0.3, -0.25) is 14.7 Å². The number of carbonyl (C=O) groups is 1. The molecule has 1 N–H and O–H groups in total. The Kier molecular flexibility index (Phi) is 6.63. The fourth-order valence-corrected chi connectivity index (χ4v) is 5.87. The third-order valence-electron chi connectivity index (χ3n) is 7.54. The summed E-state index contributed by atoms with van der Waals surface area (Å²) in [5.41, 5.74) is 3.93. The number of carbonyl (C=O) groups excluding carboxylic acids is 1. The Hall–Kier alpha value is -3.18. The van der Waals surface area contributed by atoms with Gasteiger partial charge in [-0.2, -0.15) is 0 Å². The van der Waals surface area contributed by atoms with Crippen LogP contribution < -0.4 is 10.2 Å². The summed E-state index contributed by atoms with van der Waals surface area (Å²) in [7, 11) is 0. The molecule has 1 aromatic heterocycles. The number of piperazine rings is 1. The molecule has 2 aromatic carbocycles. The number of hydrogen-bond donors (Lipinski definition) is 1. The number of pyridine rings is 1. The molecular formula is C29H34N4O. The summed E-state index contributed by atoms with van der Waals surface area (Å²) in [4.78, 5) is 22.1. The van der Waals surface area contributed by atoms with Crippen LogP contribution in [0.15, 0.2) is 79.0 Å². The number of para-hydroxylation sites is 1. The van der Waals surface area contributed by atoms with E-state index in [2.05, 4.69) is 75.6 Å². The number of rotatable bonds is 5. The number of aromatic nitrogens is 1. The zero-order chi connectivity index (χ0) is 23.4. The molecule has 176 valence electrons. The summed E-state index contributed by atoms with van der Waals surface area (Å²) in [6.07, 6.45) is 6.52. The van der Waals surface area contributed by atoms with E-state index in [1.54, 1.807) is 12.3 Å². The van der Waals surface area contributed by atoms with Gasteiger partial charge >= 0.3 is 0 Å². The van der Waals surface area contributed by atoms with Crippen LogP contribution in [0.3, 0.4) is 0 Å². The fraction of sp³-hybridized carbons (Fsp3) is 0.379. The van der Waals surface area contributed by atoms with Crippen molar-refractivity contribution in [3.63, 3.8) is 0 Å². The van der Waals surface area contributed by atoms with E-state index in [9.17, 15) is 4.79 Å². The average Bonchev–Trinajstić information content (AvgIpc) is 2.90. The van der Waals surface area contributed by atoms with Crippen molar-refractivity contribution in [1.82, 2.24) is 9.88 Å². The minimum absolute atomic E-state index is 0.0200. The molecule has 2 atom stereocenters. The first-order valence-electron chi connectivity index (χ1n) is 12.5. The Morgan fingerprint density at radius 3 is 2.50 bits per heavy atom. The fourth-order valence-electron chi connectivity index (χ4n) is 5.87. The molecule has 1 aliphatic heterocycles. The van der Waals surface area contributed by atoms with Crippen LogP contribution in [0.2, 0.25) is 0 Å². The lowest BCUT2D eigenvalue weighted by atomic mass is 9.71. The minimum Gasteiger partial charge on any atom is -0.369 e.